The number of nitrogens with one attached hydrogen (secondary N) is 1. The molecule has 4 nitrogen and oxygen atoms in total. The monoisotopic (exact) mass is 546 g/mol. The first-order chi connectivity index (χ1) is 19.3. The highest BCUT2D eigenvalue weighted by Gasteiger charge is 2.40. The first kappa shape index (κ1) is 26.0. The fourth-order valence-corrected chi connectivity index (χ4v) is 5.96. The summed E-state index contributed by atoms with van der Waals surface area (Å²) in [4.78, 5) is 2.23. The lowest BCUT2D eigenvalue weighted by Crippen LogP contribution is -2.50. The van der Waals surface area contributed by atoms with Crippen molar-refractivity contribution in [3.05, 3.63) is 149 Å². The number of halogens is 1. The van der Waals surface area contributed by atoms with Gasteiger partial charge in [-0.3, -0.25) is 5.32 Å². The van der Waals surface area contributed by atoms with Crippen LogP contribution in [-0.2, 0) is 13.0 Å². The van der Waals surface area contributed by atoms with E-state index in [-0.39, 0.29) is 17.5 Å². The van der Waals surface area contributed by atoms with Crippen molar-refractivity contribution in [2.24, 2.45) is 0 Å². The molecule has 0 spiro atoms. The number of hydrogen-bond acceptors (Lipinski definition) is 4. The molecule has 0 fully saturated rings. The van der Waals surface area contributed by atoms with Crippen molar-refractivity contribution < 1.29 is 10.2 Å². The van der Waals surface area contributed by atoms with Crippen LogP contribution < -0.4 is 10.2 Å². The summed E-state index contributed by atoms with van der Waals surface area (Å²) in [5.74, 6) is 0.450. The third-order valence-corrected chi connectivity index (χ3v) is 8.10. The van der Waals surface area contributed by atoms with Gasteiger partial charge in [-0.15, -0.1) is 0 Å². The molecule has 200 valence electrons. The van der Waals surface area contributed by atoms with Gasteiger partial charge in [0.2, 0.25) is 0 Å². The Bertz CT molecular complexity index is 1720. The lowest BCUT2D eigenvalue weighted by atomic mass is 9.87. The molecule has 5 aromatic rings. The van der Waals surface area contributed by atoms with Crippen LogP contribution >= 0.6 is 11.6 Å². The lowest BCUT2D eigenvalue weighted by Gasteiger charge is -2.39. The zero-order valence-electron chi connectivity index (χ0n) is 22.3. The van der Waals surface area contributed by atoms with Crippen LogP contribution in [0.1, 0.15) is 35.2 Å². The zero-order chi connectivity index (χ0) is 27.9. The van der Waals surface area contributed by atoms with Gasteiger partial charge in [-0.1, -0.05) is 84.9 Å². The Morgan fingerprint density at radius 1 is 0.800 bits per heavy atom. The Balaban J connectivity index is 1.50. The highest BCUT2D eigenvalue weighted by molar-refractivity contribution is 6.30. The van der Waals surface area contributed by atoms with E-state index in [1.54, 1.807) is 24.3 Å². The van der Waals surface area contributed by atoms with E-state index in [9.17, 15) is 10.2 Å². The normalized spacial score (nSPS) is 18.9. The molecule has 0 bridgehead atoms. The van der Waals surface area contributed by atoms with Gasteiger partial charge in [0, 0.05) is 23.0 Å². The van der Waals surface area contributed by atoms with Crippen LogP contribution in [0.3, 0.4) is 0 Å². The second kappa shape index (κ2) is 10.4. The molecule has 0 radical (unpaired) electrons. The van der Waals surface area contributed by atoms with E-state index in [4.69, 9.17) is 11.6 Å². The smallest absolute Gasteiger partial charge is 0.115 e. The maximum Gasteiger partial charge on any atom is 0.115 e. The first-order valence-electron chi connectivity index (χ1n) is 13.4. The molecule has 0 aromatic heterocycles. The van der Waals surface area contributed by atoms with Crippen LogP contribution in [0, 0.1) is 0 Å². The summed E-state index contributed by atoms with van der Waals surface area (Å²) in [5.41, 5.74) is 5.53. The Morgan fingerprint density at radius 3 is 2.35 bits per heavy atom. The van der Waals surface area contributed by atoms with Gasteiger partial charge < -0.3 is 15.1 Å². The molecule has 0 amide bonds. The van der Waals surface area contributed by atoms with Crippen molar-refractivity contribution in [3.8, 4) is 11.5 Å². The number of benzene rings is 5. The molecule has 0 saturated heterocycles. The van der Waals surface area contributed by atoms with E-state index < -0.39 is 5.54 Å². The highest BCUT2D eigenvalue weighted by atomic mass is 35.5. The van der Waals surface area contributed by atoms with Gasteiger partial charge in [0.15, 0.2) is 0 Å². The predicted octanol–water partition coefficient (Wildman–Crippen LogP) is 8.12. The summed E-state index contributed by atoms with van der Waals surface area (Å²) in [6.45, 7) is 7.40. The van der Waals surface area contributed by atoms with Gasteiger partial charge >= 0.3 is 0 Å². The molecule has 1 heterocycles. The highest BCUT2D eigenvalue weighted by Crippen LogP contribution is 2.43. The second-order valence-electron chi connectivity index (χ2n) is 10.8. The molecule has 5 heteroatoms. The Morgan fingerprint density at radius 2 is 1.57 bits per heavy atom. The molecule has 3 N–H and O–H groups in total. The van der Waals surface area contributed by atoms with Gasteiger partial charge in [-0.2, -0.15) is 0 Å². The fourth-order valence-electron chi connectivity index (χ4n) is 5.78. The standard InChI is InChI=1S/C35H31ClN2O2/c1-23-35(2,21-24-10-11-26-7-3-4-8-28(26)18-24)37-34(27-12-15-30(39)16-13-27)32-20-29(36)14-17-33(32)38(23)22-25-6-5-9-31(40)19-25/h3-20,34,37,39-40H,1,21-22H2,2H3. The van der Waals surface area contributed by atoms with Crippen LogP contribution in [0.5, 0.6) is 11.5 Å². The third kappa shape index (κ3) is 5.04. The van der Waals surface area contributed by atoms with E-state index in [0.29, 0.717) is 18.0 Å². The van der Waals surface area contributed by atoms with Crippen LogP contribution in [0.25, 0.3) is 10.8 Å². The van der Waals surface area contributed by atoms with Gasteiger partial charge in [0.1, 0.15) is 11.5 Å². The second-order valence-corrected chi connectivity index (χ2v) is 11.2. The Labute approximate surface area is 239 Å². The molecular formula is C35H31ClN2O2. The number of hydrogen-bond donors (Lipinski definition) is 3. The summed E-state index contributed by atoms with van der Waals surface area (Å²) in [6, 6.07) is 35.4. The number of anilines is 1. The lowest BCUT2D eigenvalue weighted by molar-refractivity contribution is 0.379. The average Bonchev–Trinajstić information content (AvgIpc) is 3.02. The molecule has 1 aliphatic rings. The zero-order valence-corrected chi connectivity index (χ0v) is 23.1. The van der Waals surface area contributed by atoms with E-state index in [1.165, 1.54) is 16.3 Å². The third-order valence-electron chi connectivity index (χ3n) is 7.87. The minimum absolute atomic E-state index is 0.217. The molecule has 2 unspecified atom stereocenters. The van der Waals surface area contributed by atoms with Gasteiger partial charge in [-0.05, 0) is 88.8 Å². The van der Waals surface area contributed by atoms with Crippen molar-refractivity contribution in [2.75, 3.05) is 4.90 Å². The number of rotatable bonds is 5. The summed E-state index contributed by atoms with van der Waals surface area (Å²) < 4.78 is 0. The molecule has 5 aromatic carbocycles. The molecular weight excluding hydrogens is 516 g/mol. The fraction of sp³-hybridized carbons (Fsp3) is 0.143. The molecule has 6 rings (SSSR count). The molecule has 0 saturated carbocycles. The van der Waals surface area contributed by atoms with Gasteiger partial charge in [-0.25, -0.2) is 0 Å². The summed E-state index contributed by atoms with van der Waals surface area (Å²) >= 11 is 6.59. The number of phenolic OH excluding ortho intramolecular Hbond substituents is 2. The maximum atomic E-state index is 10.2. The average molecular weight is 547 g/mol. The quantitative estimate of drug-likeness (QED) is 0.208. The van der Waals surface area contributed by atoms with Crippen LogP contribution in [0.4, 0.5) is 5.69 Å². The van der Waals surface area contributed by atoms with Crippen molar-refractivity contribution >= 4 is 28.1 Å². The van der Waals surface area contributed by atoms with Gasteiger partial charge in [0.25, 0.3) is 0 Å². The summed E-state index contributed by atoms with van der Waals surface area (Å²) in [7, 11) is 0. The number of aromatic hydroxyl groups is 2. The molecule has 40 heavy (non-hydrogen) atoms. The number of nitrogens with zero attached hydrogens (tertiary/aromatic N) is 1. The number of fused-ring (bicyclic) bond motifs is 2. The first-order valence-corrected chi connectivity index (χ1v) is 13.8. The molecule has 1 aliphatic heterocycles. The predicted molar refractivity (Wildman–Crippen MR) is 164 cm³/mol. The summed E-state index contributed by atoms with van der Waals surface area (Å²) in [5, 5.41) is 27.2. The van der Waals surface area contributed by atoms with Crippen molar-refractivity contribution in [1.29, 1.82) is 0 Å². The molecule has 0 aliphatic carbocycles. The van der Waals surface area contributed by atoms with Crippen molar-refractivity contribution in [2.45, 2.75) is 31.5 Å². The van der Waals surface area contributed by atoms with E-state index in [0.717, 1.165) is 28.1 Å². The van der Waals surface area contributed by atoms with E-state index in [2.05, 4.69) is 66.2 Å². The van der Waals surface area contributed by atoms with Crippen molar-refractivity contribution in [1.82, 2.24) is 5.32 Å². The minimum Gasteiger partial charge on any atom is -0.508 e. The number of phenols is 2. The minimum atomic E-state index is -0.562. The van der Waals surface area contributed by atoms with Crippen LogP contribution in [0.2, 0.25) is 5.02 Å². The van der Waals surface area contributed by atoms with E-state index in [1.807, 2.05) is 42.5 Å². The summed E-state index contributed by atoms with van der Waals surface area (Å²) in [6.07, 6.45) is 0.698. The molecule has 2 atom stereocenters. The van der Waals surface area contributed by atoms with Crippen molar-refractivity contribution in [3.63, 3.8) is 0 Å². The van der Waals surface area contributed by atoms with Crippen LogP contribution in [-0.4, -0.2) is 15.8 Å². The van der Waals surface area contributed by atoms with Gasteiger partial charge in [0.05, 0.1) is 11.6 Å². The van der Waals surface area contributed by atoms with Crippen LogP contribution in [0.15, 0.2) is 121 Å². The topological polar surface area (TPSA) is 55.7 Å². The maximum absolute atomic E-state index is 10.2. The Kier molecular flexibility index (Phi) is 6.75. The van der Waals surface area contributed by atoms with E-state index >= 15 is 0 Å². The Hall–Kier alpha value is -4.25. The SMILES string of the molecule is C=C1N(Cc2cccc(O)c2)c2ccc(Cl)cc2C(c2ccc(O)cc2)NC1(C)Cc1ccc2ccccc2c1. The largest absolute Gasteiger partial charge is 0.508 e.